The molecule has 1 atom stereocenters. The Hall–Kier alpha value is -2.89. The molecule has 3 rings (SSSR count). The second-order valence-electron chi connectivity index (χ2n) is 8.06. The summed E-state index contributed by atoms with van der Waals surface area (Å²) in [6, 6.07) is 19.7. The van der Waals surface area contributed by atoms with E-state index in [1.54, 1.807) is 35.2 Å². The van der Waals surface area contributed by atoms with Crippen molar-refractivity contribution < 1.29 is 14.0 Å². The summed E-state index contributed by atoms with van der Waals surface area (Å²) in [6.45, 7) is 2.61. The minimum atomic E-state index is -0.756. The number of hydrogen-bond donors (Lipinski definition) is 1. The lowest BCUT2D eigenvalue weighted by Gasteiger charge is -2.32. The molecule has 1 N–H and O–H groups in total. The van der Waals surface area contributed by atoms with E-state index in [9.17, 15) is 14.0 Å². The van der Waals surface area contributed by atoms with Crippen molar-refractivity contribution in [3.05, 3.63) is 105 Å². The summed E-state index contributed by atoms with van der Waals surface area (Å²) in [5.41, 5.74) is 2.27. The van der Waals surface area contributed by atoms with Crippen molar-refractivity contribution in [3.63, 3.8) is 0 Å². The number of rotatable bonds is 10. The van der Waals surface area contributed by atoms with Gasteiger partial charge in [-0.2, -0.15) is 0 Å². The van der Waals surface area contributed by atoms with Gasteiger partial charge >= 0.3 is 0 Å². The molecule has 178 valence electrons. The van der Waals surface area contributed by atoms with Gasteiger partial charge in [0.1, 0.15) is 11.9 Å². The quantitative estimate of drug-likeness (QED) is 0.380. The fourth-order valence-corrected chi connectivity index (χ4v) is 4.10. The van der Waals surface area contributed by atoms with Gasteiger partial charge < -0.3 is 10.2 Å². The van der Waals surface area contributed by atoms with Gasteiger partial charge in [-0.1, -0.05) is 78.7 Å². The van der Waals surface area contributed by atoms with Crippen LogP contribution in [-0.2, 0) is 29.0 Å². The first-order chi connectivity index (χ1) is 16.4. The lowest BCUT2D eigenvalue weighted by molar-refractivity contribution is -0.140. The Morgan fingerprint density at radius 2 is 1.68 bits per heavy atom. The zero-order valence-corrected chi connectivity index (χ0v) is 20.5. The highest BCUT2D eigenvalue weighted by molar-refractivity contribution is 6.35. The number of hydrogen-bond acceptors (Lipinski definition) is 2. The van der Waals surface area contributed by atoms with Crippen LogP contribution in [-0.4, -0.2) is 29.3 Å². The van der Waals surface area contributed by atoms with Gasteiger partial charge in [-0.05, 0) is 47.4 Å². The van der Waals surface area contributed by atoms with E-state index in [1.165, 1.54) is 12.1 Å². The van der Waals surface area contributed by atoms with Crippen LogP contribution in [0.4, 0.5) is 4.39 Å². The molecule has 0 heterocycles. The summed E-state index contributed by atoms with van der Waals surface area (Å²) < 4.78 is 13.4. The summed E-state index contributed by atoms with van der Waals surface area (Å²) in [6.07, 6.45) is 1.14. The second-order valence-corrected chi connectivity index (χ2v) is 8.90. The lowest BCUT2D eigenvalue weighted by Crippen LogP contribution is -2.51. The fourth-order valence-electron chi connectivity index (χ4n) is 3.63. The molecule has 0 aliphatic carbocycles. The van der Waals surface area contributed by atoms with E-state index in [2.05, 4.69) is 5.32 Å². The SMILES string of the molecule is CCCNC(=O)[C@H](Cc1ccccc1)N(Cc1ccc(Cl)cc1Cl)C(=O)Cc1ccc(F)cc1. The molecule has 0 fully saturated rings. The van der Waals surface area contributed by atoms with Gasteiger partial charge in [0.15, 0.2) is 0 Å². The summed E-state index contributed by atoms with van der Waals surface area (Å²) in [5.74, 6) is -0.865. The zero-order chi connectivity index (χ0) is 24.5. The Labute approximate surface area is 209 Å². The van der Waals surface area contributed by atoms with Crippen LogP contribution in [0.3, 0.4) is 0 Å². The normalized spacial score (nSPS) is 11.6. The minimum Gasteiger partial charge on any atom is -0.354 e. The molecule has 3 aromatic rings. The number of benzene rings is 3. The molecule has 0 saturated heterocycles. The van der Waals surface area contributed by atoms with Crippen LogP contribution < -0.4 is 5.32 Å². The molecule has 4 nitrogen and oxygen atoms in total. The smallest absolute Gasteiger partial charge is 0.243 e. The van der Waals surface area contributed by atoms with E-state index >= 15 is 0 Å². The average Bonchev–Trinajstić information content (AvgIpc) is 2.83. The van der Waals surface area contributed by atoms with Gasteiger partial charge in [0.25, 0.3) is 0 Å². The van der Waals surface area contributed by atoms with Crippen LogP contribution in [0.2, 0.25) is 10.0 Å². The summed E-state index contributed by atoms with van der Waals surface area (Å²) in [4.78, 5) is 28.4. The Morgan fingerprint density at radius 1 is 0.971 bits per heavy atom. The van der Waals surface area contributed by atoms with E-state index in [1.807, 2.05) is 37.3 Å². The molecular weight excluding hydrogens is 474 g/mol. The summed E-state index contributed by atoms with van der Waals surface area (Å²) in [7, 11) is 0. The van der Waals surface area contributed by atoms with Gasteiger partial charge in [0.2, 0.25) is 11.8 Å². The number of carbonyl (C=O) groups excluding carboxylic acids is 2. The number of halogens is 3. The maximum atomic E-state index is 13.6. The van der Waals surface area contributed by atoms with Gasteiger partial charge in [0, 0.05) is 29.6 Å². The highest BCUT2D eigenvalue weighted by Gasteiger charge is 2.30. The van der Waals surface area contributed by atoms with Crippen molar-refractivity contribution in [2.75, 3.05) is 6.54 Å². The third-order valence-corrected chi connectivity index (χ3v) is 6.03. The Bertz CT molecular complexity index is 1110. The van der Waals surface area contributed by atoms with Gasteiger partial charge in [-0.3, -0.25) is 9.59 Å². The van der Waals surface area contributed by atoms with Crippen molar-refractivity contribution >= 4 is 35.0 Å². The predicted molar refractivity (Wildman–Crippen MR) is 134 cm³/mol. The number of nitrogens with one attached hydrogen (secondary N) is 1. The Kier molecular flexibility index (Phi) is 9.49. The maximum Gasteiger partial charge on any atom is 0.243 e. The van der Waals surface area contributed by atoms with Crippen molar-refractivity contribution in [1.29, 1.82) is 0 Å². The Balaban J connectivity index is 1.97. The number of carbonyl (C=O) groups is 2. The van der Waals surface area contributed by atoms with E-state index in [0.29, 0.717) is 34.1 Å². The van der Waals surface area contributed by atoms with Gasteiger partial charge in [-0.25, -0.2) is 4.39 Å². The highest BCUT2D eigenvalue weighted by Crippen LogP contribution is 2.24. The molecule has 0 unspecified atom stereocenters. The molecule has 2 amide bonds. The van der Waals surface area contributed by atoms with Crippen molar-refractivity contribution in [2.24, 2.45) is 0 Å². The van der Waals surface area contributed by atoms with Crippen LogP contribution in [0.5, 0.6) is 0 Å². The van der Waals surface area contributed by atoms with Crippen molar-refractivity contribution in [2.45, 2.75) is 38.8 Å². The van der Waals surface area contributed by atoms with Gasteiger partial charge in [-0.15, -0.1) is 0 Å². The van der Waals surface area contributed by atoms with Crippen LogP contribution in [0.25, 0.3) is 0 Å². The molecule has 0 radical (unpaired) electrons. The van der Waals surface area contributed by atoms with E-state index < -0.39 is 6.04 Å². The molecule has 0 aliphatic heterocycles. The molecule has 0 bridgehead atoms. The zero-order valence-electron chi connectivity index (χ0n) is 18.9. The molecule has 3 aromatic carbocycles. The number of amides is 2. The first-order valence-corrected chi connectivity index (χ1v) is 11.9. The van der Waals surface area contributed by atoms with E-state index in [4.69, 9.17) is 23.2 Å². The standard InChI is InChI=1S/C27H27Cl2FN2O2/c1-2-14-31-27(34)25(15-19-6-4-3-5-7-19)32(18-21-10-11-22(28)17-24(21)29)26(33)16-20-8-12-23(30)13-9-20/h3-13,17,25H,2,14-16,18H2,1H3,(H,31,34)/t25-/m0/s1. The maximum absolute atomic E-state index is 13.6. The first-order valence-electron chi connectivity index (χ1n) is 11.2. The average molecular weight is 501 g/mol. The highest BCUT2D eigenvalue weighted by atomic mass is 35.5. The van der Waals surface area contributed by atoms with E-state index in [-0.39, 0.29) is 30.6 Å². The fraction of sp³-hybridized carbons (Fsp3) is 0.259. The van der Waals surface area contributed by atoms with Crippen molar-refractivity contribution in [3.8, 4) is 0 Å². The molecule has 34 heavy (non-hydrogen) atoms. The first kappa shape index (κ1) is 25.7. The molecular formula is C27H27Cl2FN2O2. The van der Waals surface area contributed by atoms with Crippen molar-refractivity contribution in [1.82, 2.24) is 10.2 Å². The largest absolute Gasteiger partial charge is 0.354 e. The third kappa shape index (κ3) is 7.31. The lowest BCUT2D eigenvalue weighted by atomic mass is 10.0. The van der Waals surface area contributed by atoms with Crippen LogP contribution in [0.1, 0.15) is 30.0 Å². The van der Waals surface area contributed by atoms with Crippen LogP contribution in [0.15, 0.2) is 72.8 Å². The predicted octanol–water partition coefficient (Wildman–Crippen LogP) is 5.84. The van der Waals surface area contributed by atoms with Gasteiger partial charge in [0.05, 0.1) is 6.42 Å². The molecule has 0 spiro atoms. The second kappa shape index (κ2) is 12.5. The molecule has 0 aliphatic rings. The molecule has 7 heteroatoms. The number of nitrogens with zero attached hydrogens (tertiary/aromatic N) is 1. The van der Waals surface area contributed by atoms with E-state index in [0.717, 1.165) is 12.0 Å². The molecule has 0 aromatic heterocycles. The summed E-state index contributed by atoms with van der Waals surface area (Å²) in [5, 5.41) is 3.83. The Morgan fingerprint density at radius 3 is 2.32 bits per heavy atom. The minimum absolute atomic E-state index is 0.0256. The monoisotopic (exact) mass is 500 g/mol. The topological polar surface area (TPSA) is 49.4 Å². The van der Waals surface area contributed by atoms with Crippen LogP contribution in [0, 0.1) is 5.82 Å². The van der Waals surface area contributed by atoms with Crippen LogP contribution >= 0.6 is 23.2 Å². The molecule has 0 saturated carbocycles. The third-order valence-electron chi connectivity index (χ3n) is 5.44. The summed E-state index contributed by atoms with van der Waals surface area (Å²) >= 11 is 12.5.